The zero-order valence-electron chi connectivity index (χ0n) is 13.6. The van der Waals surface area contributed by atoms with Gasteiger partial charge in [-0.2, -0.15) is 0 Å². The van der Waals surface area contributed by atoms with Gasteiger partial charge in [0.2, 0.25) is 0 Å². The Balaban J connectivity index is 3.13. The van der Waals surface area contributed by atoms with Gasteiger partial charge in [-0.25, -0.2) is 0 Å². The van der Waals surface area contributed by atoms with Gasteiger partial charge in [-0.15, -0.1) is 0 Å². The maximum atomic E-state index is 6.38. The van der Waals surface area contributed by atoms with E-state index < -0.39 is 0 Å². The van der Waals surface area contributed by atoms with Crippen LogP contribution in [-0.2, 0) is 19.3 Å². The maximum absolute atomic E-state index is 6.38. The molecule has 0 saturated carbocycles. The van der Waals surface area contributed by atoms with Gasteiger partial charge in [0.15, 0.2) is 0 Å². The van der Waals surface area contributed by atoms with Crippen LogP contribution in [0.1, 0.15) is 58.2 Å². The lowest BCUT2D eigenvalue weighted by Crippen LogP contribution is -2.08. The van der Waals surface area contributed by atoms with E-state index in [1.165, 1.54) is 16.7 Å². The quantitative estimate of drug-likeness (QED) is 0.727. The van der Waals surface area contributed by atoms with Gasteiger partial charge in [0.05, 0.1) is 0 Å². The second kappa shape index (κ2) is 6.98. The van der Waals surface area contributed by atoms with E-state index in [9.17, 15) is 0 Å². The van der Waals surface area contributed by atoms with Gasteiger partial charge in [0.25, 0.3) is 0 Å². The Hall–Kier alpha value is -0.980. The number of nitrogen functional groups attached to an aromatic ring is 1. The summed E-state index contributed by atoms with van der Waals surface area (Å²) in [6, 6.07) is 4.66. The van der Waals surface area contributed by atoms with Crippen molar-refractivity contribution in [3.63, 3.8) is 0 Å². The largest absolute Gasteiger partial charge is 0.398 e. The molecular weight excluding hydrogens is 230 g/mol. The topological polar surface area (TPSA) is 26.0 Å². The molecule has 19 heavy (non-hydrogen) atoms. The van der Waals surface area contributed by atoms with Gasteiger partial charge in [0, 0.05) is 5.69 Å². The average molecular weight is 261 g/mol. The minimum Gasteiger partial charge on any atom is -0.398 e. The molecule has 0 aliphatic carbocycles. The summed E-state index contributed by atoms with van der Waals surface area (Å²) >= 11 is 0. The number of anilines is 1. The van der Waals surface area contributed by atoms with E-state index in [1.807, 2.05) is 0 Å². The second-order valence-corrected chi connectivity index (χ2v) is 7.12. The summed E-state index contributed by atoms with van der Waals surface area (Å²) in [5.74, 6) is 2.01. The second-order valence-electron chi connectivity index (χ2n) is 7.12. The molecule has 0 fully saturated rings. The highest BCUT2D eigenvalue weighted by molar-refractivity contribution is 5.56. The van der Waals surface area contributed by atoms with Gasteiger partial charge < -0.3 is 5.73 Å². The van der Waals surface area contributed by atoms with Crippen LogP contribution in [0.15, 0.2) is 12.1 Å². The summed E-state index contributed by atoms with van der Waals surface area (Å²) in [7, 11) is 0. The van der Waals surface area contributed by atoms with Gasteiger partial charge in [-0.1, -0.05) is 53.7 Å². The van der Waals surface area contributed by atoms with E-state index in [2.05, 4.69) is 53.7 Å². The molecule has 1 nitrogen and oxygen atoms in total. The molecule has 0 atom stereocenters. The smallest absolute Gasteiger partial charge is 0.0379 e. The van der Waals surface area contributed by atoms with E-state index in [0.717, 1.165) is 24.9 Å². The molecule has 0 heterocycles. The molecule has 2 N–H and O–H groups in total. The van der Waals surface area contributed by atoms with Crippen LogP contribution in [0.5, 0.6) is 0 Å². The molecule has 0 unspecified atom stereocenters. The summed E-state index contributed by atoms with van der Waals surface area (Å²) in [6.45, 7) is 13.6. The first-order valence-corrected chi connectivity index (χ1v) is 7.69. The summed E-state index contributed by atoms with van der Waals surface area (Å²) < 4.78 is 0. The van der Waals surface area contributed by atoms with Crippen LogP contribution in [0.4, 0.5) is 5.69 Å². The molecule has 0 saturated heterocycles. The highest BCUT2D eigenvalue weighted by Gasteiger charge is 2.11. The number of rotatable bonds is 6. The zero-order valence-corrected chi connectivity index (χ0v) is 13.6. The molecule has 0 bridgehead atoms. The molecule has 0 aliphatic rings. The molecule has 0 aliphatic heterocycles. The van der Waals surface area contributed by atoms with E-state index in [0.29, 0.717) is 17.8 Å². The summed E-state index contributed by atoms with van der Waals surface area (Å²) in [5, 5.41) is 0. The van der Waals surface area contributed by atoms with E-state index >= 15 is 0 Å². The van der Waals surface area contributed by atoms with E-state index in [-0.39, 0.29) is 0 Å². The van der Waals surface area contributed by atoms with E-state index in [1.54, 1.807) is 0 Å². The molecule has 1 heteroatoms. The number of hydrogen-bond donors (Lipinski definition) is 1. The first kappa shape index (κ1) is 16.1. The standard InChI is InChI=1S/C18H31N/c1-12(2)7-15-10-16(8-13(3)4)18(19)17(11-15)9-14(5)6/h10-14H,7-9,19H2,1-6H3. The van der Waals surface area contributed by atoms with Crippen molar-refractivity contribution in [1.82, 2.24) is 0 Å². The third-order valence-electron chi connectivity index (χ3n) is 3.31. The SMILES string of the molecule is CC(C)Cc1cc(CC(C)C)c(N)c(CC(C)C)c1. The van der Waals surface area contributed by atoms with Crippen LogP contribution in [0, 0.1) is 17.8 Å². The van der Waals surface area contributed by atoms with Crippen molar-refractivity contribution in [2.45, 2.75) is 60.8 Å². The van der Waals surface area contributed by atoms with Gasteiger partial charge >= 0.3 is 0 Å². The van der Waals surface area contributed by atoms with Gasteiger partial charge in [-0.3, -0.25) is 0 Å². The first-order chi connectivity index (χ1) is 8.79. The molecule has 1 aromatic rings. The van der Waals surface area contributed by atoms with E-state index in [4.69, 9.17) is 5.73 Å². The minimum absolute atomic E-state index is 0.656. The number of benzene rings is 1. The Morgan fingerprint density at radius 3 is 1.42 bits per heavy atom. The third-order valence-corrected chi connectivity index (χ3v) is 3.31. The van der Waals surface area contributed by atoms with Crippen molar-refractivity contribution in [1.29, 1.82) is 0 Å². The fraction of sp³-hybridized carbons (Fsp3) is 0.667. The predicted molar refractivity (Wildman–Crippen MR) is 86.5 cm³/mol. The van der Waals surface area contributed by atoms with Crippen LogP contribution >= 0.6 is 0 Å². The monoisotopic (exact) mass is 261 g/mol. The predicted octanol–water partition coefficient (Wildman–Crippen LogP) is 4.86. The maximum Gasteiger partial charge on any atom is 0.0379 e. The van der Waals surface area contributed by atoms with Gasteiger partial charge in [-0.05, 0) is 53.7 Å². The van der Waals surface area contributed by atoms with Crippen LogP contribution in [0.3, 0.4) is 0 Å². The van der Waals surface area contributed by atoms with Crippen LogP contribution in [0.2, 0.25) is 0 Å². The lowest BCUT2D eigenvalue weighted by atomic mass is 9.90. The first-order valence-electron chi connectivity index (χ1n) is 7.69. The van der Waals surface area contributed by atoms with Gasteiger partial charge in [0.1, 0.15) is 0 Å². The third kappa shape index (κ3) is 5.26. The van der Waals surface area contributed by atoms with Crippen LogP contribution < -0.4 is 5.73 Å². The van der Waals surface area contributed by atoms with Crippen molar-refractivity contribution >= 4 is 5.69 Å². The lowest BCUT2D eigenvalue weighted by molar-refractivity contribution is 0.626. The minimum atomic E-state index is 0.656. The Labute approximate surface area is 119 Å². The van der Waals surface area contributed by atoms with Crippen molar-refractivity contribution in [2.24, 2.45) is 17.8 Å². The molecule has 0 aromatic heterocycles. The fourth-order valence-electron chi connectivity index (χ4n) is 2.66. The Bertz CT molecular complexity index is 371. The molecule has 0 amide bonds. The van der Waals surface area contributed by atoms with Crippen molar-refractivity contribution in [3.05, 3.63) is 28.8 Å². The normalized spacial score (nSPS) is 11.8. The zero-order chi connectivity index (χ0) is 14.6. The summed E-state index contributed by atoms with van der Waals surface area (Å²) in [6.07, 6.45) is 3.32. The lowest BCUT2D eigenvalue weighted by Gasteiger charge is -2.17. The Morgan fingerprint density at radius 1 is 0.737 bits per heavy atom. The summed E-state index contributed by atoms with van der Waals surface area (Å²) in [5.41, 5.74) is 11.6. The average Bonchev–Trinajstić information content (AvgIpc) is 2.22. The van der Waals surface area contributed by atoms with Crippen molar-refractivity contribution < 1.29 is 0 Å². The van der Waals surface area contributed by atoms with Crippen LogP contribution in [-0.4, -0.2) is 0 Å². The molecule has 1 aromatic carbocycles. The fourth-order valence-corrected chi connectivity index (χ4v) is 2.66. The number of hydrogen-bond acceptors (Lipinski definition) is 1. The molecule has 0 radical (unpaired) electrons. The van der Waals surface area contributed by atoms with Crippen molar-refractivity contribution in [2.75, 3.05) is 5.73 Å². The molecule has 108 valence electrons. The molecule has 1 rings (SSSR count). The van der Waals surface area contributed by atoms with Crippen LogP contribution in [0.25, 0.3) is 0 Å². The highest BCUT2D eigenvalue weighted by Crippen LogP contribution is 2.26. The van der Waals surface area contributed by atoms with Crippen molar-refractivity contribution in [3.8, 4) is 0 Å². The molecule has 0 spiro atoms. The highest BCUT2D eigenvalue weighted by atomic mass is 14.6. The number of nitrogens with two attached hydrogens (primary N) is 1. The Kier molecular flexibility index (Phi) is 5.90. The Morgan fingerprint density at radius 2 is 1.11 bits per heavy atom. The molecular formula is C18H31N. The summed E-state index contributed by atoms with van der Waals surface area (Å²) in [4.78, 5) is 0.